The van der Waals surface area contributed by atoms with Crippen molar-refractivity contribution in [3.05, 3.63) is 0 Å². The van der Waals surface area contributed by atoms with Crippen LogP contribution in [0.3, 0.4) is 0 Å². The highest BCUT2D eigenvalue weighted by atomic mass is 16.3. The Balaban J connectivity index is 3.30. The highest BCUT2D eigenvalue weighted by Crippen LogP contribution is 2.07. The number of hydrogen-bond acceptors (Lipinski definition) is 2. The lowest BCUT2D eigenvalue weighted by Gasteiger charge is -2.22. The first-order valence-corrected chi connectivity index (χ1v) is 6.39. The van der Waals surface area contributed by atoms with Gasteiger partial charge in [-0.05, 0) is 27.2 Å². The second-order valence-corrected chi connectivity index (χ2v) is 5.49. The molecule has 0 amide bonds. The van der Waals surface area contributed by atoms with Crippen LogP contribution in [-0.4, -0.2) is 23.3 Å². The fraction of sp³-hybridized carbons (Fsp3) is 1.00. The van der Waals surface area contributed by atoms with Crippen LogP contribution in [0.1, 0.15) is 66.2 Å². The van der Waals surface area contributed by atoms with Crippen molar-refractivity contribution in [1.29, 1.82) is 0 Å². The predicted molar refractivity (Wildman–Crippen MR) is 67.1 cm³/mol. The Morgan fingerprint density at radius 2 is 1.67 bits per heavy atom. The highest BCUT2D eigenvalue weighted by Gasteiger charge is 2.11. The van der Waals surface area contributed by atoms with E-state index in [0.717, 1.165) is 19.4 Å². The molecule has 0 aliphatic heterocycles. The minimum atomic E-state index is -0.175. The van der Waals surface area contributed by atoms with Crippen LogP contribution >= 0.6 is 0 Å². The molecule has 0 rings (SSSR count). The molecule has 2 nitrogen and oxygen atoms in total. The number of rotatable bonds is 8. The summed E-state index contributed by atoms with van der Waals surface area (Å²) in [6.07, 6.45) is 7.12. The summed E-state index contributed by atoms with van der Waals surface area (Å²) in [5.74, 6) is 0. The maximum absolute atomic E-state index is 9.71. The van der Waals surface area contributed by atoms with Crippen LogP contribution in [-0.2, 0) is 0 Å². The molecule has 0 saturated heterocycles. The molecular weight excluding hydrogens is 186 g/mol. The van der Waals surface area contributed by atoms with Gasteiger partial charge in [-0.25, -0.2) is 0 Å². The Kier molecular flexibility index (Phi) is 8.07. The number of aliphatic hydroxyl groups excluding tert-OH is 1. The first-order chi connectivity index (χ1) is 6.95. The van der Waals surface area contributed by atoms with E-state index in [4.69, 9.17) is 0 Å². The number of unbranched alkanes of at least 4 members (excludes halogenated alkanes) is 4. The zero-order valence-corrected chi connectivity index (χ0v) is 11.0. The first-order valence-electron chi connectivity index (χ1n) is 6.39. The fourth-order valence-electron chi connectivity index (χ4n) is 1.51. The molecule has 0 saturated carbocycles. The molecule has 0 radical (unpaired) electrons. The van der Waals surface area contributed by atoms with Crippen LogP contribution in [0.2, 0.25) is 0 Å². The van der Waals surface area contributed by atoms with Crippen molar-refractivity contribution in [2.45, 2.75) is 77.9 Å². The van der Waals surface area contributed by atoms with Gasteiger partial charge in [0.2, 0.25) is 0 Å². The molecule has 0 aromatic carbocycles. The molecule has 15 heavy (non-hydrogen) atoms. The number of nitrogens with one attached hydrogen (secondary N) is 1. The van der Waals surface area contributed by atoms with Gasteiger partial charge in [-0.3, -0.25) is 0 Å². The van der Waals surface area contributed by atoms with Crippen molar-refractivity contribution in [3.8, 4) is 0 Å². The minimum Gasteiger partial charge on any atom is -0.392 e. The molecule has 0 spiro atoms. The molecule has 1 unspecified atom stereocenters. The number of hydrogen-bond donors (Lipinski definition) is 2. The smallest absolute Gasteiger partial charge is 0.0664 e. The summed E-state index contributed by atoms with van der Waals surface area (Å²) in [4.78, 5) is 0. The third-order valence-corrected chi connectivity index (χ3v) is 2.51. The van der Waals surface area contributed by atoms with E-state index >= 15 is 0 Å². The predicted octanol–water partition coefficient (Wildman–Crippen LogP) is 3.10. The SMILES string of the molecule is CCCCCCCC(O)CNC(C)(C)C. The summed E-state index contributed by atoms with van der Waals surface area (Å²) in [5, 5.41) is 13.0. The van der Waals surface area contributed by atoms with E-state index < -0.39 is 0 Å². The summed E-state index contributed by atoms with van der Waals surface area (Å²) < 4.78 is 0. The van der Waals surface area contributed by atoms with Crippen LogP contribution in [0.4, 0.5) is 0 Å². The molecule has 1 atom stereocenters. The molecule has 0 bridgehead atoms. The number of β-amino-alcohol motifs (C(OH)–C–C–N with tert-alkyl or cyclic N) is 1. The molecule has 0 aliphatic carbocycles. The van der Waals surface area contributed by atoms with Crippen molar-refractivity contribution in [3.63, 3.8) is 0 Å². The summed E-state index contributed by atoms with van der Waals surface area (Å²) in [7, 11) is 0. The zero-order valence-electron chi connectivity index (χ0n) is 11.0. The average molecular weight is 215 g/mol. The van der Waals surface area contributed by atoms with E-state index in [1.807, 2.05) is 0 Å². The monoisotopic (exact) mass is 215 g/mol. The van der Waals surface area contributed by atoms with Gasteiger partial charge in [-0.15, -0.1) is 0 Å². The van der Waals surface area contributed by atoms with Crippen molar-refractivity contribution < 1.29 is 5.11 Å². The molecule has 0 aromatic heterocycles. The molecule has 92 valence electrons. The molecule has 0 aliphatic rings. The van der Waals surface area contributed by atoms with Crippen LogP contribution in [0.5, 0.6) is 0 Å². The van der Waals surface area contributed by atoms with Gasteiger partial charge < -0.3 is 10.4 Å². The van der Waals surface area contributed by atoms with Crippen molar-refractivity contribution in [2.75, 3.05) is 6.54 Å². The second kappa shape index (κ2) is 8.12. The Labute approximate surface area is 95.5 Å². The van der Waals surface area contributed by atoms with Crippen molar-refractivity contribution in [2.24, 2.45) is 0 Å². The molecule has 2 N–H and O–H groups in total. The Bertz CT molecular complexity index is 140. The maximum atomic E-state index is 9.71. The summed E-state index contributed by atoms with van der Waals surface area (Å²) in [6.45, 7) is 9.32. The molecule has 0 fully saturated rings. The van der Waals surface area contributed by atoms with Gasteiger partial charge in [0, 0.05) is 12.1 Å². The topological polar surface area (TPSA) is 32.3 Å². The van der Waals surface area contributed by atoms with Gasteiger partial charge in [-0.1, -0.05) is 39.0 Å². The number of aliphatic hydroxyl groups is 1. The molecular formula is C13H29NO. The molecule has 0 aromatic rings. The summed E-state index contributed by atoms with van der Waals surface area (Å²) >= 11 is 0. The van der Waals surface area contributed by atoms with Crippen molar-refractivity contribution in [1.82, 2.24) is 5.32 Å². The average Bonchev–Trinajstić information content (AvgIpc) is 2.13. The third-order valence-electron chi connectivity index (χ3n) is 2.51. The van der Waals surface area contributed by atoms with Crippen LogP contribution < -0.4 is 5.32 Å². The van der Waals surface area contributed by atoms with Crippen LogP contribution in [0.15, 0.2) is 0 Å². The first kappa shape index (κ1) is 14.9. The van der Waals surface area contributed by atoms with E-state index in [1.54, 1.807) is 0 Å². The lowest BCUT2D eigenvalue weighted by Crippen LogP contribution is -2.40. The standard InChI is InChI=1S/C13H29NO/c1-5-6-7-8-9-10-12(15)11-14-13(2,3)4/h12,14-15H,5-11H2,1-4H3. The van der Waals surface area contributed by atoms with Gasteiger partial charge in [0.15, 0.2) is 0 Å². The molecule has 2 heteroatoms. The van der Waals surface area contributed by atoms with Crippen LogP contribution in [0.25, 0.3) is 0 Å². The lowest BCUT2D eigenvalue weighted by molar-refractivity contribution is 0.148. The van der Waals surface area contributed by atoms with E-state index in [-0.39, 0.29) is 11.6 Å². The maximum Gasteiger partial charge on any atom is 0.0664 e. The minimum absolute atomic E-state index is 0.114. The summed E-state index contributed by atoms with van der Waals surface area (Å²) in [5.41, 5.74) is 0.114. The van der Waals surface area contributed by atoms with Gasteiger partial charge in [0.1, 0.15) is 0 Å². The molecule has 0 heterocycles. The second-order valence-electron chi connectivity index (χ2n) is 5.49. The van der Waals surface area contributed by atoms with Gasteiger partial charge in [-0.2, -0.15) is 0 Å². The van der Waals surface area contributed by atoms with Crippen LogP contribution in [0, 0.1) is 0 Å². The summed E-state index contributed by atoms with van der Waals surface area (Å²) in [6, 6.07) is 0. The Morgan fingerprint density at radius 3 is 2.20 bits per heavy atom. The van der Waals surface area contributed by atoms with E-state index in [9.17, 15) is 5.11 Å². The van der Waals surface area contributed by atoms with Gasteiger partial charge in [0.05, 0.1) is 6.10 Å². The van der Waals surface area contributed by atoms with E-state index in [2.05, 4.69) is 33.0 Å². The van der Waals surface area contributed by atoms with Gasteiger partial charge in [0.25, 0.3) is 0 Å². The van der Waals surface area contributed by atoms with Gasteiger partial charge >= 0.3 is 0 Å². The van der Waals surface area contributed by atoms with E-state index in [1.165, 1.54) is 25.7 Å². The Hall–Kier alpha value is -0.0800. The van der Waals surface area contributed by atoms with E-state index in [0.29, 0.717) is 0 Å². The van der Waals surface area contributed by atoms with Crippen molar-refractivity contribution >= 4 is 0 Å². The quantitative estimate of drug-likeness (QED) is 0.610. The largest absolute Gasteiger partial charge is 0.392 e. The highest BCUT2D eigenvalue weighted by molar-refractivity contribution is 4.72. The fourth-order valence-corrected chi connectivity index (χ4v) is 1.51. The lowest BCUT2D eigenvalue weighted by atomic mass is 10.1. The third kappa shape index (κ3) is 11.8. The zero-order chi connectivity index (χ0) is 11.7. The Morgan fingerprint density at radius 1 is 1.07 bits per heavy atom. The normalized spacial score (nSPS) is 14.2.